The maximum absolute atomic E-state index is 12.9. The van der Waals surface area contributed by atoms with Crippen molar-refractivity contribution >= 4 is 23.3 Å². The van der Waals surface area contributed by atoms with Gasteiger partial charge in [-0.05, 0) is 63.9 Å². The standard InChI is InChI=1S/C25H30N2O5/c1-6-26(7-2)23(29)13-27-20-12-19(8-9-22(20)31-15-24(27)30)21(28)14-32-25-17(4)10-16(3)11-18(25)5/h8-12H,6-7,13-15H2,1-5H3. The number of benzene rings is 2. The minimum Gasteiger partial charge on any atom is -0.485 e. The first-order valence-corrected chi connectivity index (χ1v) is 10.8. The largest absolute Gasteiger partial charge is 0.485 e. The first kappa shape index (κ1) is 23.3. The number of carbonyl (C=O) groups is 3. The molecule has 7 nitrogen and oxygen atoms in total. The molecule has 0 spiro atoms. The van der Waals surface area contributed by atoms with Gasteiger partial charge in [-0.25, -0.2) is 0 Å². The summed E-state index contributed by atoms with van der Waals surface area (Å²) in [7, 11) is 0. The zero-order valence-corrected chi connectivity index (χ0v) is 19.4. The third-order valence-corrected chi connectivity index (χ3v) is 5.59. The first-order chi connectivity index (χ1) is 15.2. The van der Waals surface area contributed by atoms with E-state index in [0.717, 1.165) is 16.7 Å². The number of nitrogens with zero attached hydrogens (tertiary/aromatic N) is 2. The molecule has 0 saturated heterocycles. The Labute approximate surface area is 188 Å². The summed E-state index contributed by atoms with van der Waals surface area (Å²) in [6, 6.07) is 8.94. The van der Waals surface area contributed by atoms with E-state index in [-0.39, 0.29) is 37.4 Å². The summed E-state index contributed by atoms with van der Waals surface area (Å²) >= 11 is 0. The number of carbonyl (C=O) groups excluding carboxylic acids is 3. The van der Waals surface area contributed by atoms with E-state index in [9.17, 15) is 14.4 Å². The van der Waals surface area contributed by atoms with Gasteiger partial charge in [-0.1, -0.05) is 17.7 Å². The Bertz CT molecular complexity index is 1020. The van der Waals surface area contributed by atoms with Crippen LogP contribution in [0.3, 0.4) is 0 Å². The van der Waals surface area contributed by atoms with Crippen LogP contribution in [-0.4, -0.2) is 55.3 Å². The average Bonchev–Trinajstić information content (AvgIpc) is 2.75. The molecule has 170 valence electrons. The molecule has 7 heteroatoms. The molecule has 32 heavy (non-hydrogen) atoms. The topological polar surface area (TPSA) is 76.2 Å². The first-order valence-electron chi connectivity index (χ1n) is 10.8. The number of rotatable bonds is 8. The molecule has 0 radical (unpaired) electrons. The van der Waals surface area contributed by atoms with Crippen molar-refractivity contribution in [1.82, 2.24) is 4.90 Å². The van der Waals surface area contributed by atoms with Gasteiger partial charge >= 0.3 is 0 Å². The number of fused-ring (bicyclic) bond motifs is 1. The Morgan fingerprint density at radius 2 is 1.72 bits per heavy atom. The maximum Gasteiger partial charge on any atom is 0.265 e. The molecule has 0 aromatic heterocycles. The lowest BCUT2D eigenvalue weighted by Gasteiger charge is -2.31. The van der Waals surface area contributed by atoms with E-state index in [1.165, 1.54) is 4.90 Å². The summed E-state index contributed by atoms with van der Waals surface area (Å²) in [5.74, 6) is 0.484. The van der Waals surface area contributed by atoms with E-state index in [2.05, 4.69) is 0 Å². The van der Waals surface area contributed by atoms with Gasteiger partial charge in [-0.2, -0.15) is 0 Å². The van der Waals surface area contributed by atoms with Crippen molar-refractivity contribution in [1.29, 1.82) is 0 Å². The molecule has 0 saturated carbocycles. The number of hydrogen-bond acceptors (Lipinski definition) is 5. The summed E-state index contributed by atoms with van der Waals surface area (Å²) in [6.45, 7) is 10.5. The van der Waals surface area contributed by atoms with Gasteiger partial charge in [-0.3, -0.25) is 19.3 Å². The van der Waals surface area contributed by atoms with Crippen LogP contribution >= 0.6 is 0 Å². The Morgan fingerprint density at radius 1 is 1.06 bits per heavy atom. The molecule has 0 N–H and O–H groups in total. The van der Waals surface area contributed by atoms with Crippen LogP contribution in [0.5, 0.6) is 11.5 Å². The predicted octanol–water partition coefficient (Wildman–Crippen LogP) is 3.47. The van der Waals surface area contributed by atoms with Crippen LogP contribution in [-0.2, 0) is 9.59 Å². The number of ether oxygens (including phenoxy) is 2. The van der Waals surface area contributed by atoms with Gasteiger partial charge in [-0.15, -0.1) is 0 Å². The minimum atomic E-state index is -0.315. The Balaban J connectivity index is 1.80. The van der Waals surface area contributed by atoms with Crippen LogP contribution in [0.4, 0.5) is 5.69 Å². The number of amides is 2. The van der Waals surface area contributed by atoms with Gasteiger partial charge in [0.25, 0.3) is 5.91 Å². The summed E-state index contributed by atoms with van der Waals surface area (Å²) < 4.78 is 11.3. The molecule has 3 rings (SSSR count). The second kappa shape index (κ2) is 9.85. The van der Waals surface area contributed by atoms with Gasteiger partial charge < -0.3 is 14.4 Å². The van der Waals surface area contributed by atoms with E-state index in [1.54, 1.807) is 23.1 Å². The zero-order chi connectivity index (χ0) is 23.4. The van der Waals surface area contributed by atoms with Crippen LogP contribution in [0.2, 0.25) is 0 Å². The number of aryl methyl sites for hydroxylation is 3. The third kappa shape index (κ3) is 4.93. The number of hydrogen-bond donors (Lipinski definition) is 0. The number of likely N-dealkylation sites (N-methyl/N-ethyl adjacent to an activating group) is 1. The molecule has 0 unspecified atom stereocenters. The Hall–Kier alpha value is -3.35. The van der Waals surface area contributed by atoms with Crippen LogP contribution in [0, 0.1) is 20.8 Å². The van der Waals surface area contributed by atoms with E-state index in [0.29, 0.717) is 35.8 Å². The van der Waals surface area contributed by atoms with Crippen molar-refractivity contribution in [3.8, 4) is 11.5 Å². The highest BCUT2D eigenvalue weighted by atomic mass is 16.5. The van der Waals surface area contributed by atoms with Crippen molar-refractivity contribution in [2.75, 3.05) is 37.7 Å². The summed E-state index contributed by atoms with van der Waals surface area (Å²) in [4.78, 5) is 41.0. The number of Topliss-reactive ketones (excluding diaryl/α,β-unsaturated/α-hetero) is 1. The molecular weight excluding hydrogens is 408 g/mol. The van der Waals surface area contributed by atoms with Crippen molar-refractivity contribution in [3.63, 3.8) is 0 Å². The number of ketones is 1. The molecule has 1 aliphatic rings. The molecule has 1 heterocycles. The molecule has 0 bridgehead atoms. The maximum atomic E-state index is 12.9. The summed E-state index contributed by atoms with van der Waals surface area (Å²) in [5.41, 5.74) is 3.90. The molecule has 0 fully saturated rings. The van der Waals surface area contributed by atoms with Crippen LogP contribution < -0.4 is 14.4 Å². The van der Waals surface area contributed by atoms with Crippen molar-refractivity contribution < 1.29 is 23.9 Å². The number of anilines is 1. The van der Waals surface area contributed by atoms with Crippen molar-refractivity contribution in [2.45, 2.75) is 34.6 Å². The van der Waals surface area contributed by atoms with Crippen LogP contribution in [0.1, 0.15) is 40.9 Å². The minimum absolute atomic E-state index is 0.0905. The molecule has 2 amide bonds. The Kier molecular flexibility index (Phi) is 7.18. The van der Waals surface area contributed by atoms with Crippen LogP contribution in [0.25, 0.3) is 0 Å². The van der Waals surface area contributed by atoms with Crippen LogP contribution in [0.15, 0.2) is 30.3 Å². The summed E-state index contributed by atoms with van der Waals surface area (Å²) in [5, 5.41) is 0. The molecule has 2 aromatic rings. The van der Waals surface area contributed by atoms with Crippen molar-refractivity contribution in [3.05, 3.63) is 52.6 Å². The lowest BCUT2D eigenvalue weighted by atomic mass is 10.1. The van der Waals surface area contributed by atoms with E-state index in [4.69, 9.17) is 9.47 Å². The van der Waals surface area contributed by atoms with Crippen molar-refractivity contribution in [2.24, 2.45) is 0 Å². The van der Waals surface area contributed by atoms with Gasteiger partial charge in [0.15, 0.2) is 19.0 Å². The molecule has 1 aliphatic heterocycles. The molecule has 2 aromatic carbocycles. The average molecular weight is 439 g/mol. The third-order valence-electron chi connectivity index (χ3n) is 5.59. The molecule has 0 aliphatic carbocycles. The lowest BCUT2D eigenvalue weighted by molar-refractivity contribution is -0.131. The quantitative estimate of drug-likeness (QED) is 0.590. The fraction of sp³-hybridized carbons (Fsp3) is 0.400. The van der Waals surface area contributed by atoms with Gasteiger partial charge in [0.05, 0.1) is 5.69 Å². The fourth-order valence-corrected chi connectivity index (χ4v) is 3.98. The zero-order valence-electron chi connectivity index (χ0n) is 19.4. The van der Waals surface area contributed by atoms with Gasteiger partial charge in [0.2, 0.25) is 5.91 Å². The normalized spacial score (nSPS) is 12.8. The lowest BCUT2D eigenvalue weighted by Crippen LogP contribution is -2.46. The monoisotopic (exact) mass is 438 g/mol. The van der Waals surface area contributed by atoms with E-state index < -0.39 is 0 Å². The molecular formula is C25H30N2O5. The van der Waals surface area contributed by atoms with Gasteiger partial charge in [0, 0.05) is 18.7 Å². The summed E-state index contributed by atoms with van der Waals surface area (Å²) in [6.07, 6.45) is 0. The highest BCUT2D eigenvalue weighted by molar-refractivity contribution is 6.04. The molecule has 0 atom stereocenters. The van der Waals surface area contributed by atoms with E-state index in [1.807, 2.05) is 46.8 Å². The SMILES string of the molecule is CCN(CC)C(=O)CN1C(=O)COc2ccc(C(=O)COc3c(C)cc(C)cc3C)cc21. The fourth-order valence-electron chi connectivity index (χ4n) is 3.98. The van der Waals surface area contributed by atoms with Gasteiger partial charge in [0.1, 0.15) is 18.0 Å². The highest BCUT2D eigenvalue weighted by Crippen LogP contribution is 2.33. The Morgan fingerprint density at radius 3 is 2.34 bits per heavy atom. The second-order valence-electron chi connectivity index (χ2n) is 7.96. The second-order valence-corrected chi connectivity index (χ2v) is 7.96. The smallest absolute Gasteiger partial charge is 0.265 e. The highest BCUT2D eigenvalue weighted by Gasteiger charge is 2.29. The van der Waals surface area contributed by atoms with E-state index >= 15 is 0 Å². The predicted molar refractivity (Wildman–Crippen MR) is 123 cm³/mol.